The maximum atomic E-state index is 9.70. The molecule has 0 radical (unpaired) electrons. The van der Waals surface area contributed by atoms with E-state index in [4.69, 9.17) is 11.6 Å². The number of halogens is 2. The van der Waals surface area contributed by atoms with Gasteiger partial charge in [0.05, 0.1) is 16.8 Å². The molecule has 0 spiro atoms. The summed E-state index contributed by atoms with van der Waals surface area (Å²) in [6, 6.07) is 11.7. The van der Waals surface area contributed by atoms with E-state index in [1.165, 1.54) is 11.1 Å². The van der Waals surface area contributed by atoms with E-state index < -0.39 is 0 Å². The number of hydrogen-bond acceptors (Lipinski definition) is 2. The molecule has 0 amide bonds. The Labute approximate surface area is 131 Å². The molecule has 0 heterocycles. The first kappa shape index (κ1) is 13.8. The average molecular weight is 353 g/mol. The summed E-state index contributed by atoms with van der Waals surface area (Å²) in [6.45, 7) is 0. The van der Waals surface area contributed by atoms with Crippen molar-refractivity contribution in [3.63, 3.8) is 0 Å². The number of aromatic hydroxyl groups is 1. The first-order chi connectivity index (χ1) is 9.63. The molecule has 1 atom stereocenters. The van der Waals surface area contributed by atoms with Crippen molar-refractivity contribution in [1.82, 2.24) is 0 Å². The van der Waals surface area contributed by atoms with E-state index in [9.17, 15) is 5.11 Å². The molecule has 0 aliphatic heterocycles. The van der Waals surface area contributed by atoms with Crippen LogP contribution in [-0.2, 0) is 6.42 Å². The van der Waals surface area contributed by atoms with Gasteiger partial charge in [-0.15, -0.1) is 0 Å². The van der Waals surface area contributed by atoms with Crippen LogP contribution in [-0.4, -0.2) is 5.11 Å². The Balaban J connectivity index is 1.91. The number of aryl methyl sites for hydroxylation is 1. The van der Waals surface area contributed by atoms with Gasteiger partial charge in [-0.1, -0.05) is 33.6 Å². The van der Waals surface area contributed by atoms with Gasteiger partial charge in [0.1, 0.15) is 5.75 Å². The lowest BCUT2D eigenvalue weighted by Crippen LogP contribution is -2.17. The van der Waals surface area contributed by atoms with Gasteiger partial charge < -0.3 is 10.4 Å². The zero-order chi connectivity index (χ0) is 14.1. The summed E-state index contributed by atoms with van der Waals surface area (Å²) in [6.07, 6.45) is 3.26. The molecular weight excluding hydrogens is 338 g/mol. The Hall–Kier alpha value is -1.19. The Kier molecular flexibility index (Phi) is 3.90. The van der Waals surface area contributed by atoms with E-state index in [0.717, 1.165) is 29.4 Å². The van der Waals surface area contributed by atoms with Crippen LogP contribution in [0, 0.1) is 0 Å². The largest absolute Gasteiger partial charge is 0.508 e. The van der Waals surface area contributed by atoms with Crippen molar-refractivity contribution < 1.29 is 5.11 Å². The molecule has 1 aliphatic carbocycles. The molecule has 3 rings (SSSR count). The van der Waals surface area contributed by atoms with Crippen LogP contribution in [0.15, 0.2) is 40.9 Å². The van der Waals surface area contributed by atoms with Gasteiger partial charge in [-0.25, -0.2) is 0 Å². The zero-order valence-corrected chi connectivity index (χ0v) is 13.2. The average Bonchev–Trinajstić information content (AvgIpc) is 2.42. The second kappa shape index (κ2) is 5.66. The predicted octanol–water partition coefficient (Wildman–Crippen LogP) is 5.30. The van der Waals surface area contributed by atoms with Crippen molar-refractivity contribution >= 4 is 33.2 Å². The highest BCUT2D eigenvalue weighted by molar-refractivity contribution is 9.10. The fourth-order valence-electron chi connectivity index (χ4n) is 2.73. The number of rotatable bonds is 2. The molecule has 1 unspecified atom stereocenters. The number of phenols is 1. The maximum Gasteiger partial charge on any atom is 0.115 e. The van der Waals surface area contributed by atoms with Crippen LogP contribution < -0.4 is 5.32 Å². The summed E-state index contributed by atoms with van der Waals surface area (Å²) in [7, 11) is 0. The minimum absolute atomic E-state index is 0.199. The van der Waals surface area contributed by atoms with E-state index in [0.29, 0.717) is 10.8 Å². The van der Waals surface area contributed by atoms with Gasteiger partial charge in [0.2, 0.25) is 0 Å². The molecule has 104 valence electrons. The topological polar surface area (TPSA) is 32.3 Å². The summed E-state index contributed by atoms with van der Waals surface area (Å²) in [5, 5.41) is 13.9. The highest BCUT2D eigenvalue weighted by Gasteiger charge is 2.21. The third-order valence-corrected chi connectivity index (χ3v) is 4.51. The highest BCUT2D eigenvalue weighted by atomic mass is 79.9. The van der Waals surface area contributed by atoms with Crippen molar-refractivity contribution in [3.05, 3.63) is 57.0 Å². The van der Waals surface area contributed by atoms with Crippen molar-refractivity contribution in [3.8, 4) is 5.75 Å². The predicted molar refractivity (Wildman–Crippen MR) is 86.6 cm³/mol. The van der Waals surface area contributed by atoms with Gasteiger partial charge >= 0.3 is 0 Å². The SMILES string of the molecule is Oc1ccc2c(c1)C(Nc1ccc(Br)cc1Cl)CCC2. The van der Waals surface area contributed by atoms with E-state index in [1.807, 2.05) is 30.3 Å². The third kappa shape index (κ3) is 2.79. The summed E-state index contributed by atoms with van der Waals surface area (Å²) >= 11 is 9.68. The van der Waals surface area contributed by atoms with E-state index in [1.54, 1.807) is 6.07 Å². The van der Waals surface area contributed by atoms with Crippen LogP contribution in [0.3, 0.4) is 0 Å². The molecule has 1 aliphatic rings. The quantitative estimate of drug-likeness (QED) is 0.769. The standard InChI is InChI=1S/C16H15BrClNO/c17-11-5-7-16(14(18)8-11)19-15-3-1-2-10-4-6-12(20)9-13(10)15/h4-9,15,19-20H,1-3H2. The first-order valence-corrected chi connectivity index (χ1v) is 7.84. The normalized spacial score (nSPS) is 17.6. The molecule has 2 nitrogen and oxygen atoms in total. The Bertz CT molecular complexity index is 644. The number of nitrogens with one attached hydrogen (secondary N) is 1. The summed E-state index contributed by atoms with van der Waals surface area (Å²) < 4.78 is 0.967. The van der Waals surface area contributed by atoms with Gasteiger partial charge in [-0.2, -0.15) is 0 Å². The minimum atomic E-state index is 0.199. The lowest BCUT2D eigenvalue weighted by molar-refractivity contribution is 0.471. The van der Waals surface area contributed by atoms with Crippen LogP contribution in [0.4, 0.5) is 5.69 Å². The zero-order valence-electron chi connectivity index (χ0n) is 10.9. The van der Waals surface area contributed by atoms with E-state index in [-0.39, 0.29) is 6.04 Å². The lowest BCUT2D eigenvalue weighted by Gasteiger charge is -2.27. The smallest absolute Gasteiger partial charge is 0.115 e. The van der Waals surface area contributed by atoms with Gasteiger partial charge in [-0.05, 0) is 60.7 Å². The van der Waals surface area contributed by atoms with Gasteiger partial charge in [-0.3, -0.25) is 0 Å². The molecular formula is C16H15BrClNO. The van der Waals surface area contributed by atoms with Crippen LogP contribution in [0.5, 0.6) is 5.75 Å². The summed E-state index contributed by atoms with van der Waals surface area (Å²) in [5.41, 5.74) is 3.41. The van der Waals surface area contributed by atoms with Crippen LogP contribution in [0.1, 0.15) is 30.0 Å². The monoisotopic (exact) mass is 351 g/mol. The van der Waals surface area contributed by atoms with Gasteiger partial charge in [0.15, 0.2) is 0 Å². The third-order valence-electron chi connectivity index (χ3n) is 3.70. The Morgan fingerprint density at radius 3 is 2.85 bits per heavy atom. The highest BCUT2D eigenvalue weighted by Crippen LogP contribution is 2.36. The van der Waals surface area contributed by atoms with Crippen LogP contribution in [0.25, 0.3) is 0 Å². The molecule has 2 aromatic carbocycles. The number of fused-ring (bicyclic) bond motifs is 1. The molecule has 4 heteroatoms. The molecule has 2 aromatic rings. The van der Waals surface area contributed by atoms with Gasteiger partial charge in [0.25, 0.3) is 0 Å². The van der Waals surface area contributed by atoms with Crippen molar-refractivity contribution in [1.29, 1.82) is 0 Å². The number of phenolic OH excluding ortho intramolecular Hbond substituents is 1. The van der Waals surface area contributed by atoms with Crippen LogP contribution >= 0.6 is 27.5 Å². The molecule has 0 bridgehead atoms. The first-order valence-electron chi connectivity index (χ1n) is 6.67. The lowest BCUT2D eigenvalue weighted by atomic mass is 9.87. The molecule has 20 heavy (non-hydrogen) atoms. The number of benzene rings is 2. The van der Waals surface area contributed by atoms with Crippen molar-refractivity contribution in [2.75, 3.05) is 5.32 Å². The van der Waals surface area contributed by atoms with E-state index in [2.05, 4.69) is 21.2 Å². The molecule has 0 saturated carbocycles. The second-order valence-electron chi connectivity index (χ2n) is 5.10. The van der Waals surface area contributed by atoms with E-state index >= 15 is 0 Å². The van der Waals surface area contributed by atoms with Crippen molar-refractivity contribution in [2.45, 2.75) is 25.3 Å². The Morgan fingerprint density at radius 2 is 2.05 bits per heavy atom. The number of hydrogen-bond donors (Lipinski definition) is 2. The fraction of sp³-hybridized carbons (Fsp3) is 0.250. The second-order valence-corrected chi connectivity index (χ2v) is 6.42. The van der Waals surface area contributed by atoms with Crippen molar-refractivity contribution in [2.24, 2.45) is 0 Å². The molecule has 2 N–H and O–H groups in total. The summed E-state index contributed by atoms with van der Waals surface area (Å²) in [5.74, 6) is 0.319. The number of anilines is 1. The summed E-state index contributed by atoms with van der Waals surface area (Å²) in [4.78, 5) is 0. The van der Waals surface area contributed by atoms with Crippen LogP contribution in [0.2, 0.25) is 5.02 Å². The van der Waals surface area contributed by atoms with Gasteiger partial charge in [0, 0.05) is 4.47 Å². The molecule has 0 aromatic heterocycles. The Morgan fingerprint density at radius 1 is 1.20 bits per heavy atom. The maximum absolute atomic E-state index is 9.70. The fourth-order valence-corrected chi connectivity index (χ4v) is 3.46. The minimum Gasteiger partial charge on any atom is -0.508 e. The molecule has 0 fully saturated rings. The molecule has 0 saturated heterocycles.